The molecule has 0 bridgehead atoms. The largest absolute Gasteiger partial charge is 0.493 e. The lowest BCUT2D eigenvalue weighted by atomic mass is 9.89. The van der Waals surface area contributed by atoms with Crippen molar-refractivity contribution in [1.82, 2.24) is 0 Å². The third-order valence-electron chi connectivity index (χ3n) is 3.22. The number of thioether (sulfide) groups is 1. The quantitative estimate of drug-likeness (QED) is 0.928. The van der Waals surface area contributed by atoms with Crippen LogP contribution in [0.3, 0.4) is 0 Å². The van der Waals surface area contributed by atoms with Crippen molar-refractivity contribution in [2.45, 2.75) is 26.3 Å². The van der Waals surface area contributed by atoms with Crippen LogP contribution in [0.1, 0.15) is 26.3 Å². The second kappa shape index (κ2) is 6.12. The Hall–Kier alpha value is -1.46. The molecule has 1 aliphatic rings. The molecule has 0 spiro atoms. The first kappa shape index (κ1) is 15.9. The van der Waals surface area contributed by atoms with Crippen molar-refractivity contribution in [3.63, 3.8) is 0 Å². The number of nitrogens with two attached hydrogens (primary N) is 1. The molecule has 1 heterocycles. The zero-order valence-corrected chi connectivity index (χ0v) is 14.0. The van der Waals surface area contributed by atoms with Crippen LogP contribution in [0.15, 0.2) is 29.3 Å². The third kappa shape index (κ3) is 3.60. The molecular formula is C16H22N2O2S. The minimum Gasteiger partial charge on any atom is -0.493 e. The van der Waals surface area contributed by atoms with Gasteiger partial charge in [-0.05, 0) is 29.8 Å². The maximum absolute atomic E-state index is 6.05. The van der Waals surface area contributed by atoms with Crippen LogP contribution in [0.25, 0.3) is 4.91 Å². The Balaban J connectivity index is 2.42. The van der Waals surface area contributed by atoms with E-state index in [1.807, 2.05) is 18.2 Å². The van der Waals surface area contributed by atoms with Crippen LogP contribution in [0, 0.1) is 5.41 Å². The van der Waals surface area contributed by atoms with Gasteiger partial charge in [0, 0.05) is 16.0 Å². The number of hydrogen-bond acceptors (Lipinski definition) is 5. The topological polar surface area (TPSA) is 56.8 Å². The summed E-state index contributed by atoms with van der Waals surface area (Å²) in [6.45, 7) is 6.41. The minimum atomic E-state index is -0.271. The number of ether oxygens (including phenoxy) is 2. The Labute approximate surface area is 130 Å². The van der Waals surface area contributed by atoms with E-state index in [1.54, 1.807) is 26.0 Å². The Morgan fingerprint density at radius 3 is 2.38 bits per heavy atom. The van der Waals surface area contributed by atoms with E-state index in [0.29, 0.717) is 5.75 Å². The van der Waals surface area contributed by atoms with Gasteiger partial charge in [0.25, 0.3) is 0 Å². The van der Waals surface area contributed by atoms with E-state index in [-0.39, 0.29) is 10.9 Å². The van der Waals surface area contributed by atoms with Crippen LogP contribution >= 0.6 is 11.8 Å². The van der Waals surface area contributed by atoms with Gasteiger partial charge in [0.1, 0.15) is 5.50 Å². The summed E-state index contributed by atoms with van der Waals surface area (Å²) >= 11 is 1.55. The zero-order valence-electron chi connectivity index (χ0n) is 13.1. The molecule has 21 heavy (non-hydrogen) atoms. The molecule has 1 aromatic carbocycles. The zero-order chi connectivity index (χ0) is 15.6. The van der Waals surface area contributed by atoms with E-state index in [9.17, 15) is 0 Å². The Morgan fingerprint density at radius 2 is 1.81 bits per heavy atom. The van der Waals surface area contributed by atoms with Gasteiger partial charge in [0.15, 0.2) is 11.5 Å². The summed E-state index contributed by atoms with van der Waals surface area (Å²) in [5.74, 6) is 1.43. The lowest BCUT2D eigenvalue weighted by Crippen LogP contribution is -2.26. The van der Waals surface area contributed by atoms with E-state index >= 15 is 0 Å². The molecule has 1 aliphatic heterocycles. The van der Waals surface area contributed by atoms with Gasteiger partial charge in [-0.2, -0.15) is 0 Å². The van der Waals surface area contributed by atoms with Crippen LogP contribution in [0.5, 0.6) is 11.5 Å². The SMILES string of the molecule is COc1ccc(C2=CC(C(C)(C)C)=NC(N)S2)cc1OC. The van der Waals surface area contributed by atoms with Crippen molar-refractivity contribution in [2.75, 3.05) is 14.2 Å². The Kier molecular flexibility index (Phi) is 4.64. The Morgan fingerprint density at radius 1 is 1.14 bits per heavy atom. The molecule has 0 aliphatic carbocycles. The highest BCUT2D eigenvalue weighted by Gasteiger charge is 2.24. The number of methoxy groups -OCH3 is 2. The van der Waals surface area contributed by atoms with Crippen LogP contribution < -0.4 is 15.2 Å². The third-order valence-corrected chi connectivity index (χ3v) is 4.17. The highest BCUT2D eigenvalue weighted by atomic mass is 32.2. The van der Waals surface area contributed by atoms with E-state index < -0.39 is 0 Å². The second-order valence-electron chi connectivity index (χ2n) is 5.85. The predicted molar refractivity (Wildman–Crippen MR) is 90.0 cm³/mol. The van der Waals surface area contributed by atoms with Gasteiger partial charge in [-0.15, -0.1) is 0 Å². The molecule has 0 saturated heterocycles. The predicted octanol–water partition coefficient (Wildman–Crippen LogP) is 3.52. The number of allylic oxidation sites excluding steroid dienone is 1. The summed E-state index contributed by atoms with van der Waals surface area (Å²) in [4.78, 5) is 5.63. The van der Waals surface area contributed by atoms with Crippen molar-refractivity contribution < 1.29 is 9.47 Å². The summed E-state index contributed by atoms with van der Waals surface area (Å²) in [6, 6.07) is 5.89. The normalized spacial score (nSPS) is 18.9. The molecule has 2 rings (SSSR count). The lowest BCUT2D eigenvalue weighted by molar-refractivity contribution is 0.355. The maximum Gasteiger partial charge on any atom is 0.161 e. The smallest absolute Gasteiger partial charge is 0.161 e. The van der Waals surface area contributed by atoms with Gasteiger partial charge in [0.2, 0.25) is 0 Å². The molecule has 0 radical (unpaired) electrons. The number of hydrogen-bond donors (Lipinski definition) is 1. The molecule has 0 saturated carbocycles. The average Bonchev–Trinajstić information content (AvgIpc) is 2.45. The van der Waals surface area contributed by atoms with Gasteiger partial charge < -0.3 is 15.2 Å². The standard InChI is InChI=1S/C16H22N2O2S/c1-16(2,3)14-9-13(21-15(17)18-14)10-6-7-11(19-4)12(8-10)20-5/h6-9,15H,17H2,1-5H3. The van der Waals surface area contributed by atoms with Crippen LogP contribution in [-0.4, -0.2) is 25.4 Å². The van der Waals surface area contributed by atoms with Crippen molar-refractivity contribution in [3.8, 4) is 11.5 Å². The molecule has 1 unspecified atom stereocenters. The van der Waals surface area contributed by atoms with Gasteiger partial charge in [0.05, 0.1) is 14.2 Å². The molecule has 5 heteroatoms. The van der Waals surface area contributed by atoms with Gasteiger partial charge in [-0.1, -0.05) is 32.5 Å². The summed E-state index contributed by atoms with van der Waals surface area (Å²) in [7, 11) is 3.27. The number of benzene rings is 1. The first-order valence-electron chi connectivity index (χ1n) is 6.80. The summed E-state index contributed by atoms with van der Waals surface area (Å²) < 4.78 is 10.6. The molecule has 4 nitrogen and oxygen atoms in total. The molecule has 2 N–H and O–H groups in total. The second-order valence-corrected chi connectivity index (χ2v) is 7.01. The van der Waals surface area contributed by atoms with E-state index in [4.69, 9.17) is 15.2 Å². The average molecular weight is 306 g/mol. The molecule has 0 aromatic heterocycles. The molecule has 0 fully saturated rings. The van der Waals surface area contributed by atoms with E-state index in [1.165, 1.54) is 0 Å². The summed E-state index contributed by atoms with van der Waals surface area (Å²) in [5, 5.41) is 0. The monoisotopic (exact) mass is 306 g/mol. The summed E-state index contributed by atoms with van der Waals surface area (Å²) in [5.41, 5.74) is 7.83. The Bertz CT molecular complexity index is 588. The lowest BCUT2D eigenvalue weighted by Gasteiger charge is -2.26. The molecule has 1 aromatic rings. The van der Waals surface area contributed by atoms with Gasteiger partial charge in [-0.3, -0.25) is 4.99 Å². The fourth-order valence-corrected chi connectivity index (χ4v) is 2.91. The number of aliphatic imine (C=N–C) groups is 1. The van der Waals surface area contributed by atoms with E-state index in [0.717, 1.165) is 21.9 Å². The number of rotatable bonds is 3. The van der Waals surface area contributed by atoms with Crippen molar-refractivity contribution in [1.29, 1.82) is 0 Å². The fourth-order valence-electron chi connectivity index (χ4n) is 2.04. The molecule has 114 valence electrons. The number of nitrogens with zero attached hydrogens (tertiary/aromatic N) is 1. The first-order chi connectivity index (χ1) is 9.85. The fraction of sp³-hybridized carbons (Fsp3) is 0.438. The first-order valence-corrected chi connectivity index (χ1v) is 7.67. The van der Waals surface area contributed by atoms with Crippen LogP contribution in [0.2, 0.25) is 0 Å². The van der Waals surface area contributed by atoms with Gasteiger partial charge in [-0.25, -0.2) is 0 Å². The van der Waals surface area contributed by atoms with Crippen LogP contribution in [-0.2, 0) is 0 Å². The maximum atomic E-state index is 6.05. The minimum absolute atomic E-state index is 0.0274. The highest BCUT2D eigenvalue weighted by Crippen LogP contribution is 2.39. The van der Waals surface area contributed by atoms with E-state index in [2.05, 4.69) is 31.8 Å². The van der Waals surface area contributed by atoms with Gasteiger partial charge >= 0.3 is 0 Å². The van der Waals surface area contributed by atoms with Crippen molar-refractivity contribution in [2.24, 2.45) is 16.1 Å². The highest BCUT2D eigenvalue weighted by molar-refractivity contribution is 8.08. The molecular weight excluding hydrogens is 284 g/mol. The molecule has 1 atom stereocenters. The van der Waals surface area contributed by atoms with Crippen molar-refractivity contribution in [3.05, 3.63) is 29.8 Å². The van der Waals surface area contributed by atoms with Crippen molar-refractivity contribution >= 4 is 22.4 Å². The van der Waals surface area contributed by atoms with Crippen LogP contribution in [0.4, 0.5) is 0 Å². The summed E-state index contributed by atoms with van der Waals surface area (Å²) in [6.07, 6.45) is 2.11. The molecule has 0 amide bonds.